The van der Waals surface area contributed by atoms with Gasteiger partial charge in [-0.05, 0) is 30.7 Å². The first-order chi connectivity index (χ1) is 21.1. The molecule has 2 aliphatic rings. The van der Waals surface area contributed by atoms with Gasteiger partial charge in [-0.1, -0.05) is 65.0 Å². The van der Waals surface area contributed by atoms with Crippen molar-refractivity contribution in [2.45, 2.75) is 71.4 Å². The number of hydrogen-bond acceptors (Lipinski definition) is 8. The Morgan fingerprint density at radius 3 is 2.59 bits per heavy atom. The van der Waals surface area contributed by atoms with Gasteiger partial charge in [-0.25, -0.2) is 9.97 Å². The van der Waals surface area contributed by atoms with Crippen molar-refractivity contribution in [2.24, 2.45) is 11.8 Å². The van der Waals surface area contributed by atoms with Gasteiger partial charge in [-0.15, -0.1) is 24.8 Å². The van der Waals surface area contributed by atoms with Gasteiger partial charge in [0.15, 0.2) is 0 Å². The van der Waals surface area contributed by atoms with Crippen LogP contribution in [0.25, 0.3) is 0 Å². The monoisotopic (exact) mass is 680 g/mol. The van der Waals surface area contributed by atoms with Crippen LogP contribution in [0.4, 0.5) is 5.82 Å². The molecule has 0 spiro atoms. The van der Waals surface area contributed by atoms with Crippen molar-refractivity contribution in [1.29, 1.82) is 0 Å². The first-order valence-corrected chi connectivity index (χ1v) is 16.1. The molecule has 0 saturated carbocycles. The third-order valence-corrected chi connectivity index (χ3v) is 8.27. The topological polar surface area (TPSA) is 109 Å². The van der Waals surface area contributed by atoms with Crippen LogP contribution < -0.4 is 10.6 Å². The fraction of sp³-hybridized carbons (Fsp3) is 0.647. The number of nitrogens with zero attached hydrogens (tertiary/aromatic N) is 4. The van der Waals surface area contributed by atoms with E-state index in [0.29, 0.717) is 76.2 Å². The van der Waals surface area contributed by atoms with Gasteiger partial charge in [0.1, 0.15) is 17.2 Å². The quantitative estimate of drug-likeness (QED) is 0.313. The zero-order valence-corrected chi connectivity index (χ0v) is 29.9. The van der Waals surface area contributed by atoms with Crippen molar-refractivity contribution in [3.05, 3.63) is 53.5 Å². The van der Waals surface area contributed by atoms with E-state index in [-0.39, 0.29) is 66.0 Å². The molecule has 12 heteroatoms. The zero-order valence-electron chi connectivity index (χ0n) is 28.3. The summed E-state index contributed by atoms with van der Waals surface area (Å²) in [7, 11) is 1.68. The zero-order chi connectivity index (χ0) is 31.7. The van der Waals surface area contributed by atoms with Crippen LogP contribution in [0.3, 0.4) is 0 Å². The molecule has 3 heterocycles. The molecule has 2 saturated heterocycles. The highest BCUT2D eigenvalue weighted by Crippen LogP contribution is 2.27. The highest BCUT2D eigenvalue weighted by molar-refractivity contribution is 5.98. The molecule has 3 atom stereocenters. The van der Waals surface area contributed by atoms with Gasteiger partial charge < -0.3 is 29.9 Å². The number of rotatable bonds is 12. The Kier molecular flexibility index (Phi) is 16.2. The molecule has 2 amide bonds. The largest absolute Gasteiger partial charge is 0.385 e. The lowest BCUT2D eigenvalue weighted by Crippen LogP contribution is -2.58. The van der Waals surface area contributed by atoms with E-state index >= 15 is 0 Å². The second-order valence-electron chi connectivity index (χ2n) is 13.5. The summed E-state index contributed by atoms with van der Waals surface area (Å²) in [6, 6.07) is 10.1. The van der Waals surface area contributed by atoms with Crippen LogP contribution in [0, 0.1) is 11.8 Å². The van der Waals surface area contributed by atoms with Crippen LogP contribution in [0.1, 0.15) is 69.2 Å². The maximum absolute atomic E-state index is 14.3. The molecule has 2 fully saturated rings. The molecular weight excluding hydrogens is 627 g/mol. The molecule has 1 aromatic heterocycles. The van der Waals surface area contributed by atoms with Crippen LogP contribution in [0.2, 0.25) is 0 Å². The Bertz CT molecular complexity index is 1230. The van der Waals surface area contributed by atoms with Gasteiger partial charge in [-0.3, -0.25) is 9.59 Å². The molecular formula is C34H54Cl2N6O4. The second kappa shape index (κ2) is 18.7. The Labute approximate surface area is 287 Å². The van der Waals surface area contributed by atoms with E-state index in [1.165, 1.54) is 5.56 Å². The summed E-state index contributed by atoms with van der Waals surface area (Å²) < 4.78 is 11.0. The fourth-order valence-electron chi connectivity index (χ4n) is 5.98. The minimum Gasteiger partial charge on any atom is -0.385 e. The number of anilines is 1. The van der Waals surface area contributed by atoms with E-state index in [9.17, 15) is 9.59 Å². The van der Waals surface area contributed by atoms with E-state index in [1.807, 2.05) is 28.0 Å². The number of nitrogens with one attached hydrogen (secondary N) is 2. The average molecular weight is 682 g/mol. The minimum atomic E-state index is -0.263. The standard InChI is InChI=1S/C34H52N6O4.2ClH/c1-24(2)22-40(32(42)29-21-37-33(34(3,4)5)38-30(29)36-13-10-15-43-6)27-18-26(19-35-20-27)31(41)39-14-16-44-23-28(39)17-25-11-8-7-9-12-25;;/h7-9,11-12,21,24,26-28,35H,10,13-20,22-23H2,1-6H3,(H,36,37,38);2*1H/t26-,27+,28?;;/m1../s1. The minimum absolute atomic E-state index is 0. The highest BCUT2D eigenvalue weighted by atomic mass is 35.5. The number of morpholine rings is 1. The van der Waals surface area contributed by atoms with Crippen molar-refractivity contribution < 1.29 is 19.1 Å². The number of carbonyl (C=O) groups is 2. The van der Waals surface area contributed by atoms with Gasteiger partial charge in [0.05, 0.1) is 25.2 Å². The predicted molar refractivity (Wildman–Crippen MR) is 187 cm³/mol. The van der Waals surface area contributed by atoms with Crippen molar-refractivity contribution in [1.82, 2.24) is 25.1 Å². The first-order valence-electron chi connectivity index (χ1n) is 16.1. The number of piperidine rings is 1. The summed E-state index contributed by atoms with van der Waals surface area (Å²) in [6.07, 6.45) is 3.83. The Morgan fingerprint density at radius 1 is 1.17 bits per heavy atom. The number of carbonyl (C=O) groups excluding carboxylic acids is 2. The SMILES string of the molecule is COCCCNc1nc(C(C)(C)C)ncc1C(=O)N(CC(C)C)[C@@H]1CNC[C@H](C(=O)N2CCOCC2Cc2ccccc2)C1.Cl.Cl. The summed E-state index contributed by atoms with van der Waals surface area (Å²) in [5, 5.41) is 6.87. The number of hydrogen-bond donors (Lipinski definition) is 2. The number of ether oxygens (including phenoxy) is 2. The number of aromatic nitrogens is 2. The van der Waals surface area contributed by atoms with Crippen molar-refractivity contribution in [2.75, 3.05) is 65.0 Å². The number of methoxy groups -OCH3 is 1. The van der Waals surface area contributed by atoms with E-state index < -0.39 is 0 Å². The summed E-state index contributed by atoms with van der Waals surface area (Å²) in [5.41, 5.74) is 1.39. The van der Waals surface area contributed by atoms with Crippen LogP contribution in [-0.4, -0.2) is 103 Å². The molecule has 0 radical (unpaired) electrons. The molecule has 2 aliphatic heterocycles. The summed E-state index contributed by atoms with van der Waals surface area (Å²) in [6.45, 7) is 15.1. The Morgan fingerprint density at radius 2 is 1.91 bits per heavy atom. The molecule has 1 unspecified atom stereocenters. The fourth-order valence-corrected chi connectivity index (χ4v) is 5.98. The van der Waals surface area contributed by atoms with E-state index in [4.69, 9.17) is 14.5 Å². The maximum atomic E-state index is 14.3. The van der Waals surface area contributed by atoms with E-state index in [1.54, 1.807) is 13.3 Å². The van der Waals surface area contributed by atoms with Gasteiger partial charge in [0.2, 0.25) is 5.91 Å². The lowest BCUT2D eigenvalue weighted by Gasteiger charge is -2.42. The molecule has 258 valence electrons. The van der Waals surface area contributed by atoms with Crippen molar-refractivity contribution in [3.8, 4) is 0 Å². The van der Waals surface area contributed by atoms with Gasteiger partial charge >= 0.3 is 0 Å². The lowest BCUT2D eigenvalue weighted by molar-refractivity contribution is -0.145. The normalized spacial score (nSPS) is 20.0. The van der Waals surface area contributed by atoms with E-state index in [0.717, 1.165) is 12.8 Å². The Balaban J connectivity index is 0.00000368. The third-order valence-electron chi connectivity index (χ3n) is 8.27. The smallest absolute Gasteiger partial charge is 0.259 e. The van der Waals surface area contributed by atoms with E-state index in [2.05, 4.69) is 62.4 Å². The first kappa shape index (κ1) is 39.7. The van der Waals surface area contributed by atoms with Gasteiger partial charge in [-0.2, -0.15) is 0 Å². The van der Waals surface area contributed by atoms with Crippen LogP contribution in [0.15, 0.2) is 36.5 Å². The second-order valence-corrected chi connectivity index (χ2v) is 13.5. The third kappa shape index (κ3) is 10.8. The van der Waals surface area contributed by atoms with Crippen LogP contribution >= 0.6 is 24.8 Å². The lowest BCUT2D eigenvalue weighted by atomic mass is 9.91. The molecule has 2 N–H and O–H groups in total. The van der Waals surface area contributed by atoms with Crippen molar-refractivity contribution in [3.63, 3.8) is 0 Å². The molecule has 1 aromatic carbocycles. The molecule has 4 rings (SSSR count). The molecule has 2 aromatic rings. The molecule has 10 nitrogen and oxygen atoms in total. The van der Waals surface area contributed by atoms with Gasteiger partial charge in [0, 0.05) is 64.1 Å². The molecule has 0 aliphatic carbocycles. The van der Waals surface area contributed by atoms with Crippen molar-refractivity contribution >= 4 is 42.4 Å². The Hall–Kier alpha value is -2.50. The number of amides is 2. The number of benzene rings is 1. The van der Waals surface area contributed by atoms with Crippen LogP contribution in [0.5, 0.6) is 0 Å². The molecule has 46 heavy (non-hydrogen) atoms. The summed E-state index contributed by atoms with van der Waals surface area (Å²) >= 11 is 0. The summed E-state index contributed by atoms with van der Waals surface area (Å²) in [4.78, 5) is 41.7. The number of halogens is 2. The summed E-state index contributed by atoms with van der Waals surface area (Å²) in [5.74, 6) is 1.28. The van der Waals surface area contributed by atoms with Gasteiger partial charge in [0.25, 0.3) is 5.91 Å². The highest BCUT2D eigenvalue weighted by Gasteiger charge is 2.38. The maximum Gasteiger partial charge on any atom is 0.259 e. The average Bonchev–Trinajstić information content (AvgIpc) is 3.01. The molecule has 0 bridgehead atoms. The predicted octanol–water partition coefficient (Wildman–Crippen LogP) is 4.61. The van der Waals surface area contributed by atoms with Crippen LogP contribution in [-0.2, 0) is 26.1 Å².